The lowest BCUT2D eigenvalue weighted by Gasteiger charge is -1.97. The Bertz CT molecular complexity index is 796. The van der Waals surface area contributed by atoms with Crippen LogP contribution in [0.5, 0.6) is 5.75 Å². The highest BCUT2D eigenvalue weighted by Crippen LogP contribution is 2.35. The van der Waals surface area contributed by atoms with Crippen molar-refractivity contribution in [3.8, 4) is 5.75 Å². The molecule has 5 heteroatoms. The van der Waals surface area contributed by atoms with Gasteiger partial charge in [-0.3, -0.25) is 0 Å². The van der Waals surface area contributed by atoms with Gasteiger partial charge in [0, 0.05) is 0 Å². The van der Waals surface area contributed by atoms with Crippen LogP contribution in [0.4, 0.5) is 4.39 Å². The Balaban J connectivity index is 2.11. The standard InChI is InChI=1S/C15H9ClFNO2/c16-13-12(19)7-6-10-14(18-20-15(10)13)11(17)8-9-4-2-1-3-5-9/h1-8,19H. The summed E-state index contributed by atoms with van der Waals surface area (Å²) in [7, 11) is 0. The van der Waals surface area contributed by atoms with Crippen LogP contribution >= 0.6 is 11.6 Å². The summed E-state index contributed by atoms with van der Waals surface area (Å²) in [5.74, 6) is -0.661. The topological polar surface area (TPSA) is 46.3 Å². The lowest BCUT2D eigenvalue weighted by Crippen LogP contribution is -1.80. The van der Waals surface area contributed by atoms with Gasteiger partial charge in [0.25, 0.3) is 0 Å². The average Bonchev–Trinajstić information content (AvgIpc) is 2.89. The predicted molar refractivity (Wildman–Crippen MR) is 76.1 cm³/mol. The van der Waals surface area contributed by atoms with E-state index in [9.17, 15) is 9.50 Å². The van der Waals surface area contributed by atoms with E-state index in [2.05, 4.69) is 5.16 Å². The molecule has 3 aromatic rings. The molecule has 0 unspecified atom stereocenters. The maximum Gasteiger partial charge on any atom is 0.189 e. The van der Waals surface area contributed by atoms with E-state index < -0.39 is 5.83 Å². The second kappa shape index (κ2) is 4.98. The molecule has 1 aromatic heterocycles. The highest BCUT2D eigenvalue weighted by molar-refractivity contribution is 6.36. The van der Waals surface area contributed by atoms with E-state index in [1.54, 1.807) is 12.1 Å². The molecular formula is C15H9ClFNO2. The van der Waals surface area contributed by atoms with Crippen LogP contribution in [0, 0.1) is 0 Å². The molecule has 100 valence electrons. The maximum atomic E-state index is 14.2. The summed E-state index contributed by atoms with van der Waals surface area (Å²) in [4.78, 5) is 0. The first kappa shape index (κ1) is 12.7. The van der Waals surface area contributed by atoms with Gasteiger partial charge < -0.3 is 9.63 Å². The highest BCUT2D eigenvalue weighted by Gasteiger charge is 2.17. The Hall–Kier alpha value is -2.33. The zero-order valence-corrected chi connectivity index (χ0v) is 10.9. The monoisotopic (exact) mass is 289 g/mol. The zero-order chi connectivity index (χ0) is 14.1. The van der Waals surface area contributed by atoms with Crippen molar-refractivity contribution in [3.63, 3.8) is 0 Å². The van der Waals surface area contributed by atoms with Crippen molar-refractivity contribution >= 4 is 34.5 Å². The number of phenolic OH excluding ortho intramolecular Hbond substituents is 1. The average molecular weight is 290 g/mol. The van der Waals surface area contributed by atoms with Crippen LogP contribution in [-0.2, 0) is 0 Å². The quantitative estimate of drug-likeness (QED) is 0.746. The molecule has 0 saturated heterocycles. The lowest BCUT2D eigenvalue weighted by atomic mass is 10.1. The summed E-state index contributed by atoms with van der Waals surface area (Å²) in [5, 5.41) is 13.6. The van der Waals surface area contributed by atoms with Gasteiger partial charge in [-0.15, -0.1) is 0 Å². The van der Waals surface area contributed by atoms with Gasteiger partial charge in [0.1, 0.15) is 16.5 Å². The SMILES string of the molecule is Oc1ccc2c(C(F)=Cc3ccccc3)noc2c1Cl. The second-order valence-corrected chi connectivity index (χ2v) is 4.59. The van der Waals surface area contributed by atoms with Crippen LogP contribution in [-0.4, -0.2) is 10.3 Å². The van der Waals surface area contributed by atoms with E-state index in [1.165, 1.54) is 18.2 Å². The van der Waals surface area contributed by atoms with Crippen molar-refractivity contribution in [2.75, 3.05) is 0 Å². The minimum absolute atomic E-state index is 0.0220. The van der Waals surface area contributed by atoms with Gasteiger partial charge in [0.2, 0.25) is 0 Å². The van der Waals surface area contributed by atoms with E-state index in [0.29, 0.717) is 10.9 Å². The number of hydrogen-bond donors (Lipinski definition) is 1. The molecule has 0 aliphatic heterocycles. The Labute approximate surface area is 118 Å². The Kier molecular flexibility index (Phi) is 3.16. The van der Waals surface area contributed by atoms with Gasteiger partial charge >= 0.3 is 0 Å². The van der Waals surface area contributed by atoms with Crippen molar-refractivity contribution in [2.24, 2.45) is 0 Å². The normalized spacial score (nSPS) is 12.0. The summed E-state index contributed by atoms with van der Waals surface area (Å²) < 4.78 is 19.2. The molecule has 0 fully saturated rings. The number of fused-ring (bicyclic) bond motifs is 1. The Morgan fingerprint density at radius 1 is 1.20 bits per heavy atom. The third-order valence-corrected chi connectivity index (χ3v) is 3.24. The van der Waals surface area contributed by atoms with E-state index in [0.717, 1.165) is 0 Å². The van der Waals surface area contributed by atoms with E-state index in [-0.39, 0.29) is 22.0 Å². The van der Waals surface area contributed by atoms with E-state index >= 15 is 0 Å². The minimum atomic E-state index is -0.531. The first-order valence-corrected chi connectivity index (χ1v) is 6.24. The van der Waals surface area contributed by atoms with E-state index in [1.807, 2.05) is 18.2 Å². The van der Waals surface area contributed by atoms with Crippen molar-refractivity contribution in [3.05, 3.63) is 58.7 Å². The Morgan fingerprint density at radius 3 is 2.70 bits per heavy atom. The molecule has 0 saturated carbocycles. The molecule has 3 rings (SSSR count). The molecule has 20 heavy (non-hydrogen) atoms. The van der Waals surface area contributed by atoms with Crippen molar-refractivity contribution in [1.82, 2.24) is 5.16 Å². The molecule has 0 aliphatic rings. The van der Waals surface area contributed by atoms with Crippen molar-refractivity contribution < 1.29 is 14.0 Å². The molecule has 2 aromatic carbocycles. The van der Waals surface area contributed by atoms with Gasteiger partial charge in [0.15, 0.2) is 11.4 Å². The third-order valence-electron chi connectivity index (χ3n) is 2.88. The molecule has 3 nitrogen and oxygen atoms in total. The number of benzene rings is 2. The van der Waals surface area contributed by atoms with Crippen molar-refractivity contribution in [1.29, 1.82) is 0 Å². The predicted octanol–water partition coefficient (Wildman–Crippen LogP) is 4.65. The van der Waals surface area contributed by atoms with Crippen molar-refractivity contribution in [2.45, 2.75) is 0 Å². The summed E-state index contributed by atoms with van der Waals surface area (Å²) in [6.07, 6.45) is 1.36. The first-order chi connectivity index (χ1) is 9.66. The maximum absolute atomic E-state index is 14.2. The fourth-order valence-corrected chi connectivity index (χ4v) is 2.10. The fourth-order valence-electron chi connectivity index (χ4n) is 1.90. The van der Waals surface area contributed by atoms with Crippen LogP contribution < -0.4 is 0 Å². The summed E-state index contributed by atoms with van der Waals surface area (Å²) >= 11 is 5.88. The van der Waals surface area contributed by atoms with Gasteiger partial charge in [-0.25, -0.2) is 4.39 Å². The van der Waals surface area contributed by atoms with Gasteiger partial charge in [-0.1, -0.05) is 47.1 Å². The second-order valence-electron chi connectivity index (χ2n) is 4.21. The number of rotatable bonds is 2. The largest absolute Gasteiger partial charge is 0.506 e. The van der Waals surface area contributed by atoms with E-state index in [4.69, 9.17) is 16.1 Å². The first-order valence-electron chi connectivity index (χ1n) is 5.86. The fraction of sp³-hybridized carbons (Fsp3) is 0. The summed E-state index contributed by atoms with van der Waals surface area (Å²) in [6.45, 7) is 0. The highest BCUT2D eigenvalue weighted by atomic mass is 35.5. The lowest BCUT2D eigenvalue weighted by molar-refractivity contribution is 0.445. The minimum Gasteiger partial charge on any atom is -0.506 e. The number of aromatic hydroxyl groups is 1. The molecule has 0 aliphatic carbocycles. The molecular weight excluding hydrogens is 281 g/mol. The third kappa shape index (κ3) is 2.14. The van der Waals surface area contributed by atoms with Crippen LogP contribution in [0.3, 0.4) is 0 Å². The van der Waals surface area contributed by atoms with Crippen LogP contribution in [0.2, 0.25) is 5.02 Å². The molecule has 0 atom stereocenters. The van der Waals surface area contributed by atoms with Gasteiger partial charge in [-0.05, 0) is 23.8 Å². The molecule has 0 amide bonds. The molecule has 1 N–H and O–H groups in total. The summed E-state index contributed by atoms with van der Waals surface area (Å²) in [6, 6.07) is 11.9. The van der Waals surface area contributed by atoms with Crippen LogP contribution in [0.15, 0.2) is 47.0 Å². The Morgan fingerprint density at radius 2 is 1.95 bits per heavy atom. The zero-order valence-electron chi connectivity index (χ0n) is 10.2. The number of phenols is 1. The number of halogens is 2. The summed E-state index contributed by atoms with van der Waals surface area (Å²) in [5.41, 5.74) is 0.940. The molecule has 1 heterocycles. The number of hydrogen-bond acceptors (Lipinski definition) is 3. The van der Waals surface area contributed by atoms with Crippen LogP contribution in [0.1, 0.15) is 11.3 Å². The molecule has 0 radical (unpaired) electrons. The number of nitrogens with zero attached hydrogens (tertiary/aromatic N) is 1. The van der Waals surface area contributed by atoms with Gasteiger partial charge in [-0.2, -0.15) is 0 Å². The van der Waals surface area contributed by atoms with Crippen LogP contribution in [0.25, 0.3) is 22.9 Å². The smallest absolute Gasteiger partial charge is 0.189 e. The van der Waals surface area contributed by atoms with Gasteiger partial charge in [0.05, 0.1) is 5.39 Å². The molecule has 0 spiro atoms. The molecule has 0 bridgehead atoms. The number of aromatic nitrogens is 1.